The number of likely N-dealkylation sites (N-methyl/N-ethyl adjacent to an activating group) is 1. The van der Waals surface area contributed by atoms with Gasteiger partial charge < -0.3 is 9.64 Å². The number of rotatable bonds is 6. The first-order valence-corrected chi connectivity index (χ1v) is 7.48. The molecule has 3 aromatic heterocycles. The first-order chi connectivity index (χ1) is 11.6. The van der Waals surface area contributed by atoms with E-state index in [2.05, 4.69) is 20.4 Å². The predicted octanol–water partition coefficient (Wildman–Crippen LogP) is 1.32. The van der Waals surface area contributed by atoms with Crippen molar-refractivity contribution in [3.63, 3.8) is 0 Å². The maximum absolute atomic E-state index is 12.1. The van der Waals surface area contributed by atoms with Gasteiger partial charge in [-0.25, -0.2) is 0 Å². The summed E-state index contributed by atoms with van der Waals surface area (Å²) >= 11 is 0. The van der Waals surface area contributed by atoms with Gasteiger partial charge in [-0.1, -0.05) is 6.07 Å². The maximum Gasteiger partial charge on any atom is 0.259 e. The number of amides is 1. The summed E-state index contributed by atoms with van der Waals surface area (Å²) in [6, 6.07) is 8.81. The molecule has 124 valence electrons. The third-order valence-electron chi connectivity index (χ3n) is 3.26. The van der Waals surface area contributed by atoms with Gasteiger partial charge in [-0.3, -0.25) is 15.1 Å². The van der Waals surface area contributed by atoms with Crippen LogP contribution in [0.25, 0.3) is 5.65 Å². The number of carbonyl (C=O) groups is 1. The largest absolute Gasteiger partial charge is 0.476 e. The van der Waals surface area contributed by atoms with Crippen molar-refractivity contribution in [1.29, 1.82) is 0 Å². The van der Waals surface area contributed by atoms with Crippen LogP contribution in [0.1, 0.15) is 10.4 Å². The van der Waals surface area contributed by atoms with Crippen LogP contribution in [0.5, 0.6) is 5.88 Å². The fourth-order valence-electron chi connectivity index (χ4n) is 2.05. The molecule has 3 aromatic rings. The second-order valence-corrected chi connectivity index (χ2v) is 5.42. The van der Waals surface area contributed by atoms with Gasteiger partial charge in [-0.05, 0) is 32.3 Å². The molecule has 0 fully saturated rings. The predicted molar refractivity (Wildman–Crippen MR) is 89.2 cm³/mol. The minimum absolute atomic E-state index is 0.215. The van der Waals surface area contributed by atoms with E-state index in [4.69, 9.17) is 4.74 Å². The molecule has 8 nitrogen and oxygen atoms in total. The molecule has 0 spiro atoms. The third kappa shape index (κ3) is 3.66. The highest BCUT2D eigenvalue weighted by Crippen LogP contribution is 2.15. The summed E-state index contributed by atoms with van der Waals surface area (Å²) < 4.78 is 7.29. The molecule has 0 atom stereocenters. The van der Waals surface area contributed by atoms with Gasteiger partial charge in [0.25, 0.3) is 5.91 Å². The molecule has 0 aliphatic heterocycles. The summed E-state index contributed by atoms with van der Waals surface area (Å²) in [5, 5.41) is 6.95. The first kappa shape index (κ1) is 15.9. The Morgan fingerprint density at radius 3 is 2.92 bits per heavy atom. The second-order valence-electron chi connectivity index (χ2n) is 5.42. The van der Waals surface area contributed by atoms with Crippen molar-refractivity contribution in [2.45, 2.75) is 0 Å². The average Bonchev–Trinajstić information content (AvgIpc) is 2.98. The Morgan fingerprint density at radius 1 is 1.29 bits per heavy atom. The van der Waals surface area contributed by atoms with E-state index in [0.717, 1.165) is 6.54 Å². The number of nitrogens with zero attached hydrogens (tertiary/aromatic N) is 5. The van der Waals surface area contributed by atoms with Crippen molar-refractivity contribution in [3.05, 3.63) is 48.3 Å². The van der Waals surface area contributed by atoms with Crippen LogP contribution >= 0.6 is 0 Å². The molecule has 0 aliphatic carbocycles. The van der Waals surface area contributed by atoms with Crippen molar-refractivity contribution in [2.24, 2.45) is 0 Å². The summed E-state index contributed by atoms with van der Waals surface area (Å²) in [6.45, 7) is 1.32. The van der Waals surface area contributed by atoms with Crippen LogP contribution in [0, 0.1) is 0 Å². The number of anilines is 1. The highest BCUT2D eigenvalue weighted by atomic mass is 16.5. The van der Waals surface area contributed by atoms with Crippen molar-refractivity contribution in [2.75, 3.05) is 32.6 Å². The van der Waals surface area contributed by atoms with Crippen LogP contribution in [0.4, 0.5) is 5.95 Å². The van der Waals surface area contributed by atoms with Crippen LogP contribution in [-0.2, 0) is 0 Å². The molecule has 0 bridgehead atoms. The van der Waals surface area contributed by atoms with Crippen molar-refractivity contribution in [3.8, 4) is 5.88 Å². The summed E-state index contributed by atoms with van der Waals surface area (Å²) in [6.07, 6.45) is 3.10. The Kier molecular flexibility index (Phi) is 4.66. The summed E-state index contributed by atoms with van der Waals surface area (Å²) in [5.74, 6) is 0.477. The van der Waals surface area contributed by atoms with Crippen LogP contribution in [0.15, 0.2) is 42.7 Å². The Bertz CT molecular complexity index is 831. The van der Waals surface area contributed by atoms with E-state index in [0.29, 0.717) is 23.7 Å². The van der Waals surface area contributed by atoms with E-state index in [1.54, 1.807) is 28.9 Å². The molecule has 3 heterocycles. The number of hydrogen-bond acceptors (Lipinski definition) is 6. The molecular formula is C16H18N6O2. The number of hydrogen-bond donors (Lipinski definition) is 1. The molecule has 3 rings (SSSR count). The molecule has 1 amide bonds. The number of nitrogens with one attached hydrogen (secondary N) is 1. The van der Waals surface area contributed by atoms with Crippen LogP contribution in [-0.4, -0.2) is 57.6 Å². The normalized spacial score (nSPS) is 11.0. The third-order valence-corrected chi connectivity index (χ3v) is 3.26. The van der Waals surface area contributed by atoms with Gasteiger partial charge in [-0.15, -0.1) is 5.10 Å². The lowest BCUT2D eigenvalue weighted by Gasteiger charge is -2.11. The lowest BCUT2D eigenvalue weighted by Crippen LogP contribution is -2.20. The van der Waals surface area contributed by atoms with Crippen LogP contribution in [0.3, 0.4) is 0 Å². The maximum atomic E-state index is 12.1. The summed E-state index contributed by atoms with van der Waals surface area (Å²) in [4.78, 5) is 22.4. The molecule has 0 radical (unpaired) electrons. The molecule has 0 aromatic carbocycles. The highest BCUT2D eigenvalue weighted by molar-refractivity contribution is 6.03. The van der Waals surface area contributed by atoms with Crippen LogP contribution < -0.4 is 10.1 Å². The van der Waals surface area contributed by atoms with Gasteiger partial charge in [0.05, 0.1) is 5.56 Å². The lowest BCUT2D eigenvalue weighted by atomic mass is 10.3. The van der Waals surface area contributed by atoms with Gasteiger partial charge in [0.1, 0.15) is 6.61 Å². The molecule has 1 N–H and O–H groups in total. The topological polar surface area (TPSA) is 84.6 Å². The van der Waals surface area contributed by atoms with E-state index in [1.807, 2.05) is 31.1 Å². The number of aromatic nitrogens is 4. The summed E-state index contributed by atoms with van der Waals surface area (Å²) in [5.41, 5.74) is 1.04. The number of pyridine rings is 2. The summed E-state index contributed by atoms with van der Waals surface area (Å²) in [7, 11) is 3.96. The van der Waals surface area contributed by atoms with Gasteiger partial charge in [0.2, 0.25) is 11.8 Å². The Morgan fingerprint density at radius 2 is 2.17 bits per heavy atom. The lowest BCUT2D eigenvalue weighted by molar-refractivity contribution is 0.102. The minimum atomic E-state index is -0.311. The van der Waals surface area contributed by atoms with Crippen LogP contribution in [0.2, 0.25) is 0 Å². The number of ether oxygens (including phenoxy) is 1. The van der Waals surface area contributed by atoms with Gasteiger partial charge >= 0.3 is 0 Å². The zero-order valence-electron chi connectivity index (χ0n) is 13.5. The Hall–Kier alpha value is -3.00. The molecule has 0 unspecified atom stereocenters. The molecule has 0 aliphatic rings. The molecule has 0 saturated heterocycles. The highest BCUT2D eigenvalue weighted by Gasteiger charge is 2.12. The molecule has 8 heteroatoms. The smallest absolute Gasteiger partial charge is 0.259 e. The van der Waals surface area contributed by atoms with Crippen molar-refractivity contribution < 1.29 is 9.53 Å². The monoisotopic (exact) mass is 326 g/mol. The molecule has 24 heavy (non-hydrogen) atoms. The Labute approximate surface area is 139 Å². The average molecular weight is 326 g/mol. The number of carbonyl (C=O) groups excluding carboxylic acids is 1. The number of fused-ring (bicyclic) bond motifs is 1. The van der Waals surface area contributed by atoms with Gasteiger partial charge in [0, 0.05) is 25.0 Å². The van der Waals surface area contributed by atoms with E-state index in [9.17, 15) is 4.79 Å². The second kappa shape index (κ2) is 7.05. The van der Waals surface area contributed by atoms with Crippen molar-refractivity contribution >= 4 is 17.5 Å². The van der Waals surface area contributed by atoms with E-state index in [1.165, 1.54) is 6.20 Å². The minimum Gasteiger partial charge on any atom is -0.476 e. The zero-order valence-corrected chi connectivity index (χ0v) is 13.5. The molecular weight excluding hydrogens is 308 g/mol. The van der Waals surface area contributed by atoms with E-state index in [-0.39, 0.29) is 11.9 Å². The SMILES string of the molecule is CN(C)CCOc1cccc2nc(NC(=O)c3cccnc3)nn12. The molecule has 0 saturated carbocycles. The zero-order chi connectivity index (χ0) is 16.9. The fourth-order valence-corrected chi connectivity index (χ4v) is 2.05. The van der Waals surface area contributed by atoms with E-state index < -0.39 is 0 Å². The van der Waals surface area contributed by atoms with Gasteiger partial charge in [0.15, 0.2) is 5.65 Å². The fraction of sp³-hybridized carbons (Fsp3) is 0.250. The van der Waals surface area contributed by atoms with E-state index >= 15 is 0 Å². The Balaban J connectivity index is 1.77. The quantitative estimate of drug-likeness (QED) is 0.735. The first-order valence-electron chi connectivity index (χ1n) is 7.48. The standard InChI is InChI=1S/C16H18N6O2/c1-21(2)9-10-24-14-7-3-6-13-18-16(20-22(13)14)19-15(23)12-5-4-8-17-11-12/h3-8,11H,9-10H2,1-2H3,(H,19,20,23). The van der Waals surface area contributed by atoms with Gasteiger partial charge in [-0.2, -0.15) is 9.50 Å². The van der Waals surface area contributed by atoms with Crippen molar-refractivity contribution in [1.82, 2.24) is 24.5 Å².